The van der Waals surface area contributed by atoms with Crippen molar-refractivity contribution in [1.29, 1.82) is 0 Å². The zero-order valence-electron chi connectivity index (χ0n) is 15.0. The summed E-state index contributed by atoms with van der Waals surface area (Å²) in [5.41, 5.74) is 2.36. The largest absolute Gasteiger partial charge is 0.352 e. The Morgan fingerprint density at radius 1 is 1.11 bits per heavy atom. The zero-order valence-corrected chi connectivity index (χ0v) is 15.8. The highest BCUT2D eigenvalue weighted by molar-refractivity contribution is 7.89. The van der Waals surface area contributed by atoms with Gasteiger partial charge in [0.1, 0.15) is 5.82 Å². The molecule has 1 amide bonds. The quantitative estimate of drug-likeness (QED) is 0.516. The summed E-state index contributed by atoms with van der Waals surface area (Å²) in [5.74, 6) is 0.662. The molecule has 1 aromatic heterocycles. The molecule has 1 heterocycles. The third kappa shape index (κ3) is 4.72. The van der Waals surface area contributed by atoms with Crippen molar-refractivity contribution in [2.24, 2.45) is 0 Å². The van der Waals surface area contributed by atoms with Crippen molar-refractivity contribution in [3.05, 3.63) is 59.9 Å². The van der Waals surface area contributed by atoms with Crippen LogP contribution >= 0.6 is 0 Å². The molecule has 0 bridgehead atoms. The lowest BCUT2D eigenvalue weighted by molar-refractivity contribution is 0.0953. The predicted molar refractivity (Wildman–Crippen MR) is 104 cm³/mol. The number of H-pyrrole nitrogens is 1. The second-order valence-corrected chi connectivity index (χ2v) is 7.85. The third-order valence-corrected chi connectivity index (χ3v) is 5.64. The number of aromatic amines is 1. The molecule has 0 saturated carbocycles. The highest BCUT2D eigenvalue weighted by Gasteiger charge is 2.13. The Bertz CT molecular complexity index is 994. The van der Waals surface area contributed by atoms with Crippen LogP contribution in [0.5, 0.6) is 0 Å². The maximum Gasteiger partial charge on any atom is 0.251 e. The van der Waals surface area contributed by atoms with Crippen LogP contribution in [0.4, 0.5) is 0 Å². The lowest BCUT2D eigenvalue weighted by Gasteiger charge is -2.07. The number of carbonyl (C=O) groups excluding carboxylic acids is 1. The maximum atomic E-state index is 12.2. The molecule has 3 N–H and O–H groups in total. The molecule has 0 fully saturated rings. The number of nitrogens with zero attached hydrogens (tertiary/aromatic N) is 1. The van der Waals surface area contributed by atoms with E-state index in [1.807, 2.05) is 24.3 Å². The van der Waals surface area contributed by atoms with Crippen molar-refractivity contribution in [3.8, 4) is 0 Å². The predicted octanol–water partition coefficient (Wildman–Crippen LogP) is 2.22. The molecule has 3 aromatic rings. The van der Waals surface area contributed by atoms with Crippen molar-refractivity contribution in [3.63, 3.8) is 0 Å². The second kappa shape index (κ2) is 8.32. The van der Waals surface area contributed by atoms with Crippen LogP contribution < -0.4 is 10.0 Å². The Morgan fingerprint density at radius 2 is 1.85 bits per heavy atom. The first-order valence-corrected chi connectivity index (χ1v) is 10.3. The summed E-state index contributed by atoms with van der Waals surface area (Å²) in [6.45, 7) is 2.54. The van der Waals surface area contributed by atoms with Gasteiger partial charge in [0.25, 0.3) is 5.91 Å². The van der Waals surface area contributed by atoms with Crippen LogP contribution in [0.25, 0.3) is 11.0 Å². The number of fused-ring (bicyclic) bond motifs is 1. The molecule has 0 atom stereocenters. The molecule has 142 valence electrons. The van der Waals surface area contributed by atoms with Gasteiger partial charge in [0.15, 0.2) is 0 Å². The van der Waals surface area contributed by atoms with Crippen LogP contribution in [0, 0.1) is 0 Å². The van der Waals surface area contributed by atoms with E-state index < -0.39 is 10.0 Å². The molecule has 0 aliphatic rings. The fourth-order valence-corrected chi connectivity index (χ4v) is 3.78. The molecule has 8 heteroatoms. The summed E-state index contributed by atoms with van der Waals surface area (Å²) in [7, 11) is -3.51. The average Bonchev–Trinajstić information content (AvgIpc) is 3.08. The fraction of sp³-hybridized carbons (Fsp3) is 0.263. The van der Waals surface area contributed by atoms with Gasteiger partial charge in [-0.25, -0.2) is 18.1 Å². The van der Waals surface area contributed by atoms with E-state index in [4.69, 9.17) is 0 Å². The topological polar surface area (TPSA) is 104 Å². The Hall–Kier alpha value is -2.71. The van der Waals surface area contributed by atoms with Crippen LogP contribution in [-0.2, 0) is 16.4 Å². The van der Waals surface area contributed by atoms with E-state index >= 15 is 0 Å². The molecule has 0 aliphatic heterocycles. The van der Waals surface area contributed by atoms with Gasteiger partial charge in [0.05, 0.1) is 15.9 Å². The Balaban J connectivity index is 1.50. The van der Waals surface area contributed by atoms with Crippen molar-refractivity contribution in [1.82, 2.24) is 20.0 Å². The number of imidazole rings is 1. The number of aryl methyl sites for hydroxylation is 1. The Kier molecular flexibility index (Phi) is 5.88. The molecule has 0 saturated heterocycles. The smallest absolute Gasteiger partial charge is 0.251 e. The lowest BCUT2D eigenvalue weighted by Crippen LogP contribution is -2.25. The van der Waals surface area contributed by atoms with E-state index in [1.165, 1.54) is 24.3 Å². The minimum Gasteiger partial charge on any atom is -0.352 e. The highest BCUT2D eigenvalue weighted by Crippen LogP contribution is 2.12. The molecule has 3 rings (SSSR count). The minimum absolute atomic E-state index is 0.144. The zero-order chi connectivity index (χ0) is 19.3. The number of carbonyl (C=O) groups is 1. The van der Waals surface area contributed by atoms with Gasteiger partial charge in [0, 0.05) is 25.1 Å². The summed E-state index contributed by atoms with van der Waals surface area (Å²) in [4.78, 5) is 20.1. The maximum absolute atomic E-state index is 12.2. The van der Waals surface area contributed by atoms with Crippen molar-refractivity contribution in [2.45, 2.75) is 24.7 Å². The van der Waals surface area contributed by atoms with Crippen LogP contribution in [0.3, 0.4) is 0 Å². The van der Waals surface area contributed by atoms with E-state index in [0.29, 0.717) is 18.7 Å². The molecule has 0 radical (unpaired) electrons. The fourth-order valence-electron chi connectivity index (χ4n) is 2.74. The lowest BCUT2D eigenvalue weighted by atomic mass is 10.2. The number of benzene rings is 2. The van der Waals surface area contributed by atoms with Crippen LogP contribution in [-0.4, -0.2) is 37.4 Å². The van der Waals surface area contributed by atoms with Gasteiger partial charge in [0.2, 0.25) is 10.0 Å². The number of aromatic nitrogens is 2. The molecule has 7 nitrogen and oxygen atoms in total. The number of rotatable bonds is 8. The molecule has 0 unspecified atom stereocenters. The van der Waals surface area contributed by atoms with E-state index in [1.54, 1.807) is 6.92 Å². The SMILES string of the molecule is CCNS(=O)(=O)c1ccc(C(=O)NCCCc2nc3ccccc3[nH]2)cc1. The van der Waals surface area contributed by atoms with E-state index in [9.17, 15) is 13.2 Å². The second-order valence-electron chi connectivity index (χ2n) is 6.09. The van der Waals surface area contributed by atoms with Crippen LogP contribution in [0.1, 0.15) is 29.5 Å². The number of hydrogen-bond acceptors (Lipinski definition) is 4. The van der Waals surface area contributed by atoms with E-state index in [-0.39, 0.29) is 10.8 Å². The third-order valence-electron chi connectivity index (χ3n) is 4.08. The van der Waals surface area contributed by atoms with Gasteiger partial charge >= 0.3 is 0 Å². The number of nitrogens with one attached hydrogen (secondary N) is 3. The van der Waals surface area contributed by atoms with Crippen molar-refractivity contribution < 1.29 is 13.2 Å². The summed E-state index contributed by atoms with van der Waals surface area (Å²) < 4.78 is 26.2. The first-order chi connectivity index (χ1) is 13.0. The van der Waals surface area contributed by atoms with Crippen LogP contribution in [0.2, 0.25) is 0 Å². The monoisotopic (exact) mass is 386 g/mol. The van der Waals surface area contributed by atoms with Gasteiger partial charge in [-0.2, -0.15) is 0 Å². The normalized spacial score (nSPS) is 11.6. The number of para-hydroxylation sites is 2. The average molecular weight is 386 g/mol. The van der Waals surface area contributed by atoms with Crippen molar-refractivity contribution >= 4 is 27.0 Å². The van der Waals surface area contributed by atoms with Gasteiger partial charge in [-0.3, -0.25) is 4.79 Å². The van der Waals surface area contributed by atoms with Gasteiger partial charge in [-0.15, -0.1) is 0 Å². The molecule has 2 aromatic carbocycles. The number of hydrogen-bond donors (Lipinski definition) is 3. The number of amides is 1. The summed E-state index contributed by atoms with van der Waals surface area (Å²) >= 11 is 0. The summed E-state index contributed by atoms with van der Waals surface area (Å²) in [5, 5.41) is 2.84. The molecular formula is C19H22N4O3S. The standard InChI is InChI=1S/C19H22N4O3S/c1-2-21-27(25,26)15-11-9-14(10-12-15)19(24)20-13-5-8-18-22-16-6-3-4-7-17(16)23-18/h3-4,6-7,9-12,21H,2,5,8,13H2,1H3,(H,20,24)(H,22,23). The Morgan fingerprint density at radius 3 is 2.56 bits per heavy atom. The van der Waals surface area contributed by atoms with Gasteiger partial charge in [-0.05, 0) is 42.8 Å². The van der Waals surface area contributed by atoms with E-state index in [0.717, 1.165) is 29.7 Å². The van der Waals surface area contributed by atoms with Crippen LogP contribution in [0.15, 0.2) is 53.4 Å². The van der Waals surface area contributed by atoms with Crippen molar-refractivity contribution in [2.75, 3.05) is 13.1 Å². The number of sulfonamides is 1. The summed E-state index contributed by atoms with van der Waals surface area (Å²) in [6, 6.07) is 13.7. The summed E-state index contributed by atoms with van der Waals surface area (Å²) in [6.07, 6.45) is 1.48. The molecular weight excluding hydrogens is 364 g/mol. The molecule has 0 spiro atoms. The highest BCUT2D eigenvalue weighted by atomic mass is 32.2. The molecule has 0 aliphatic carbocycles. The first kappa shape index (κ1) is 19.1. The minimum atomic E-state index is -3.51. The Labute approximate surface area is 158 Å². The first-order valence-electron chi connectivity index (χ1n) is 8.81. The van der Waals surface area contributed by atoms with Gasteiger partial charge in [-0.1, -0.05) is 19.1 Å². The molecule has 27 heavy (non-hydrogen) atoms. The van der Waals surface area contributed by atoms with Gasteiger partial charge < -0.3 is 10.3 Å². The van der Waals surface area contributed by atoms with E-state index in [2.05, 4.69) is 20.0 Å².